The van der Waals surface area contributed by atoms with Crippen molar-refractivity contribution in [1.82, 2.24) is 0 Å². The average molecular weight is 303 g/mol. The quantitative estimate of drug-likeness (QED) is 0.829. The first-order valence-electron chi connectivity index (χ1n) is 7.61. The highest BCUT2D eigenvalue weighted by Crippen LogP contribution is 2.26. The summed E-state index contributed by atoms with van der Waals surface area (Å²) in [6.45, 7) is 7.10. The first kappa shape index (κ1) is 16.1. The molecular weight excluding hydrogens is 278 g/mol. The molecule has 1 heterocycles. The molecule has 0 saturated heterocycles. The summed E-state index contributed by atoms with van der Waals surface area (Å²) < 4.78 is 6.00. The van der Waals surface area contributed by atoms with Crippen molar-refractivity contribution < 1.29 is 4.74 Å². The average Bonchev–Trinajstić information content (AvgIpc) is 2.95. The van der Waals surface area contributed by atoms with Crippen LogP contribution in [0.15, 0.2) is 29.6 Å². The van der Waals surface area contributed by atoms with Crippen LogP contribution in [-0.2, 0) is 12.8 Å². The summed E-state index contributed by atoms with van der Waals surface area (Å²) in [5, 5.41) is 2.11. The Labute approximate surface area is 132 Å². The molecule has 0 spiro atoms. The van der Waals surface area contributed by atoms with Gasteiger partial charge in [0.25, 0.3) is 0 Å². The number of ether oxygens (including phenoxy) is 1. The third-order valence-electron chi connectivity index (χ3n) is 3.72. The molecule has 21 heavy (non-hydrogen) atoms. The Morgan fingerprint density at radius 2 is 1.95 bits per heavy atom. The van der Waals surface area contributed by atoms with Gasteiger partial charge in [-0.25, -0.2) is 0 Å². The monoisotopic (exact) mass is 303 g/mol. The van der Waals surface area contributed by atoms with Gasteiger partial charge in [-0.15, -0.1) is 11.3 Å². The lowest BCUT2D eigenvalue weighted by Crippen LogP contribution is -2.21. The first-order valence-corrected chi connectivity index (χ1v) is 8.49. The van der Waals surface area contributed by atoms with Crippen LogP contribution in [0.3, 0.4) is 0 Å². The number of aryl methyl sites for hydroxylation is 2. The van der Waals surface area contributed by atoms with Crippen molar-refractivity contribution in [3.05, 3.63) is 51.2 Å². The Balaban J connectivity index is 1.99. The molecule has 2 rings (SSSR count). The highest BCUT2D eigenvalue weighted by atomic mass is 32.1. The van der Waals surface area contributed by atoms with Gasteiger partial charge in [0.05, 0.1) is 6.61 Å². The van der Waals surface area contributed by atoms with Crippen LogP contribution in [0.25, 0.3) is 0 Å². The predicted octanol–water partition coefficient (Wildman–Crippen LogP) is 4.27. The fraction of sp³-hybridized carbons (Fsp3) is 0.444. The second-order valence-electron chi connectivity index (χ2n) is 5.61. The standard InChI is InChI=1S/C18H25NOS/c1-4-16(19)12-15-10-13(2)18(14(3)11-15)20-8-7-17-6-5-9-21-17/h5-6,9-11,16H,4,7-8,12,19H2,1-3H3. The molecule has 1 aromatic carbocycles. The van der Waals surface area contributed by atoms with E-state index < -0.39 is 0 Å². The lowest BCUT2D eigenvalue weighted by atomic mass is 9.99. The van der Waals surface area contributed by atoms with Crippen molar-refractivity contribution in [3.63, 3.8) is 0 Å². The van der Waals surface area contributed by atoms with Gasteiger partial charge in [-0.1, -0.05) is 25.1 Å². The molecule has 0 saturated carbocycles. The zero-order chi connectivity index (χ0) is 15.2. The molecule has 114 valence electrons. The summed E-state index contributed by atoms with van der Waals surface area (Å²) in [5.74, 6) is 1.03. The van der Waals surface area contributed by atoms with Crippen molar-refractivity contribution in [2.24, 2.45) is 5.73 Å². The third-order valence-corrected chi connectivity index (χ3v) is 4.65. The fourth-order valence-electron chi connectivity index (χ4n) is 2.54. The normalized spacial score (nSPS) is 12.4. The van der Waals surface area contributed by atoms with Gasteiger partial charge in [-0.05, 0) is 54.8 Å². The number of hydrogen-bond acceptors (Lipinski definition) is 3. The van der Waals surface area contributed by atoms with Gasteiger partial charge in [0, 0.05) is 17.3 Å². The van der Waals surface area contributed by atoms with Crippen LogP contribution in [0.4, 0.5) is 0 Å². The molecule has 2 nitrogen and oxygen atoms in total. The zero-order valence-electron chi connectivity index (χ0n) is 13.2. The molecule has 1 aromatic heterocycles. The van der Waals surface area contributed by atoms with E-state index in [1.54, 1.807) is 11.3 Å². The Kier molecular flexibility index (Phi) is 5.83. The van der Waals surface area contributed by atoms with E-state index in [0.717, 1.165) is 31.6 Å². The SMILES string of the molecule is CCC(N)Cc1cc(C)c(OCCc2cccs2)c(C)c1. The van der Waals surface area contributed by atoms with Gasteiger partial charge in [0.2, 0.25) is 0 Å². The number of benzene rings is 1. The van der Waals surface area contributed by atoms with Crippen molar-refractivity contribution in [1.29, 1.82) is 0 Å². The van der Waals surface area contributed by atoms with Gasteiger partial charge < -0.3 is 10.5 Å². The Bertz CT molecular complexity index is 540. The van der Waals surface area contributed by atoms with Crippen LogP contribution < -0.4 is 10.5 Å². The summed E-state index contributed by atoms with van der Waals surface area (Å²) in [5.41, 5.74) is 9.77. The minimum absolute atomic E-state index is 0.245. The second kappa shape index (κ2) is 7.62. The molecule has 0 aliphatic rings. The van der Waals surface area contributed by atoms with Crippen LogP contribution in [0.5, 0.6) is 5.75 Å². The van der Waals surface area contributed by atoms with Crippen molar-refractivity contribution in [3.8, 4) is 5.75 Å². The maximum Gasteiger partial charge on any atom is 0.125 e. The molecule has 0 aliphatic heterocycles. The van der Waals surface area contributed by atoms with Gasteiger partial charge in [-0.2, -0.15) is 0 Å². The maximum absolute atomic E-state index is 6.05. The van der Waals surface area contributed by atoms with Crippen LogP contribution in [0.2, 0.25) is 0 Å². The summed E-state index contributed by atoms with van der Waals surface area (Å²) >= 11 is 1.78. The lowest BCUT2D eigenvalue weighted by Gasteiger charge is -2.15. The number of nitrogens with two attached hydrogens (primary N) is 1. The topological polar surface area (TPSA) is 35.2 Å². The summed E-state index contributed by atoms with van der Waals surface area (Å²) in [4.78, 5) is 1.37. The first-order chi connectivity index (χ1) is 10.1. The molecule has 0 bridgehead atoms. The van der Waals surface area contributed by atoms with E-state index in [2.05, 4.69) is 50.4 Å². The van der Waals surface area contributed by atoms with Crippen LogP contribution >= 0.6 is 11.3 Å². The minimum atomic E-state index is 0.245. The Morgan fingerprint density at radius 1 is 1.24 bits per heavy atom. The predicted molar refractivity (Wildman–Crippen MR) is 91.4 cm³/mol. The van der Waals surface area contributed by atoms with E-state index in [4.69, 9.17) is 10.5 Å². The third kappa shape index (κ3) is 4.58. The van der Waals surface area contributed by atoms with Crippen LogP contribution in [-0.4, -0.2) is 12.6 Å². The number of hydrogen-bond donors (Lipinski definition) is 1. The second-order valence-corrected chi connectivity index (χ2v) is 6.64. The van der Waals surface area contributed by atoms with E-state index in [9.17, 15) is 0 Å². The van der Waals surface area contributed by atoms with Crippen molar-refractivity contribution >= 4 is 11.3 Å². The molecule has 0 amide bonds. The molecular formula is C18H25NOS. The molecule has 0 radical (unpaired) electrons. The Morgan fingerprint density at radius 3 is 2.52 bits per heavy atom. The van der Waals surface area contributed by atoms with Crippen molar-refractivity contribution in [2.45, 2.75) is 46.1 Å². The molecule has 3 heteroatoms. The maximum atomic E-state index is 6.05. The van der Waals surface area contributed by atoms with Crippen LogP contribution in [0.1, 0.15) is 34.9 Å². The van der Waals surface area contributed by atoms with Gasteiger partial charge in [0.15, 0.2) is 0 Å². The lowest BCUT2D eigenvalue weighted by molar-refractivity contribution is 0.318. The summed E-state index contributed by atoms with van der Waals surface area (Å²) in [7, 11) is 0. The molecule has 2 aromatic rings. The van der Waals surface area contributed by atoms with Gasteiger partial charge >= 0.3 is 0 Å². The Hall–Kier alpha value is -1.32. The smallest absolute Gasteiger partial charge is 0.125 e. The molecule has 1 atom stereocenters. The zero-order valence-corrected chi connectivity index (χ0v) is 14.0. The minimum Gasteiger partial charge on any atom is -0.493 e. The molecule has 1 unspecified atom stereocenters. The number of rotatable bonds is 7. The van der Waals surface area contributed by atoms with Crippen LogP contribution in [0, 0.1) is 13.8 Å². The molecule has 2 N–H and O–H groups in total. The van der Waals surface area contributed by atoms with Gasteiger partial charge in [-0.3, -0.25) is 0 Å². The summed E-state index contributed by atoms with van der Waals surface area (Å²) in [6.07, 6.45) is 2.92. The van der Waals surface area contributed by atoms with Gasteiger partial charge in [0.1, 0.15) is 5.75 Å². The highest BCUT2D eigenvalue weighted by molar-refractivity contribution is 7.09. The van der Waals surface area contributed by atoms with E-state index in [1.807, 2.05) is 0 Å². The fourth-order valence-corrected chi connectivity index (χ4v) is 3.23. The van der Waals surface area contributed by atoms with Crippen molar-refractivity contribution in [2.75, 3.05) is 6.61 Å². The highest BCUT2D eigenvalue weighted by Gasteiger charge is 2.09. The molecule has 0 fully saturated rings. The van der Waals surface area contributed by atoms with E-state index >= 15 is 0 Å². The van der Waals surface area contributed by atoms with E-state index in [-0.39, 0.29) is 6.04 Å². The molecule has 0 aliphatic carbocycles. The van der Waals surface area contributed by atoms with E-state index in [1.165, 1.54) is 21.6 Å². The van der Waals surface area contributed by atoms with E-state index in [0.29, 0.717) is 0 Å². The summed E-state index contributed by atoms with van der Waals surface area (Å²) in [6, 6.07) is 8.91. The largest absolute Gasteiger partial charge is 0.493 e. The number of thiophene rings is 1.